The van der Waals surface area contributed by atoms with Crippen molar-refractivity contribution in [1.82, 2.24) is 0 Å². The molecule has 0 saturated carbocycles. The molecule has 0 aliphatic heterocycles. The molecule has 0 aliphatic carbocycles. The molecule has 4 atom stereocenters. The van der Waals surface area contributed by atoms with Crippen LogP contribution in [-0.4, -0.2) is 56.6 Å². The van der Waals surface area contributed by atoms with Crippen LogP contribution in [0.15, 0.2) is 0 Å². The summed E-state index contributed by atoms with van der Waals surface area (Å²) in [6.45, 7) is 3.24. The molecule has 0 fully saturated rings. The highest BCUT2D eigenvalue weighted by Crippen LogP contribution is 2.25. The average molecular weight is 220 g/mol. The first-order valence-electron chi connectivity index (χ1n) is 4.72. The molecule has 0 aliphatic rings. The Morgan fingerprint density at radius 2 is 1.80 bits per heavy atom. The predicted octanol–water partition coefficient (Wildman–Crippen LogP) is 0.00120. The number of rotatable bonds is 7. The first-order valence-corrected chi connectivity index (χ1v) is 4.72. The molecule has 0 radical (unpaired) electrons. The number of hydrogen-bond donors (Lipinski definition) is 1. The van der Waals surface area contributed by atoms with Gasteiger partial charge in [-0.3, -0.25) is 0 Å². The molecular formula is C10H20O5. The summed E-state index contributed by atoms with van der Waals surface area (Å²) in [5.41, 5.74) is -1.01. The van der Waals surface area contributed by atoms with E-state index < -0.39 is 23.9 Å². The second-order valence-corrected chi connectivity index (χ2v) is 3.58. The second-order valence-electron chi connectivity index (χ2n) is 3.58. The van der Waals surface area contributed by atoms with Crippen LogP contribution in [0.2, 0.25) is 0 Å². The van der Waals surface area contributed by atoms with Crippen LogP contribution in [0.1, 0.15) is 13.8 Å². The van der Waals surface area contributed by atoms with Crippen molar-refractivity contribution in [1.29, 1.82) is 0 Å². The summed E-state index contributed by atoms with van der Waals surface area (Å²) in [6, 6.07) is 0. The molecule has 5 nitrogen and oxygen atoms in total. The normalized spacial score (nSPS) is 21.5. The van der Waals surface area contributed by atoms with Crippen LogP contribution >= 0.6 is 0 Å². The van der Waals surface area contributed by atoms with Crippen LogP contribution in [0.3, 0.4) is 0 Å². The van der Waals surface area contributed by atoms with E-state index in [1.807, 2.05) is 0 Å². The highest BCUT2D eigenvalue weighted by atomic mass is 16.6. The first kappa shape index (κ1) is 14.5. The third-order valence-electron chi connectivity index (χ3n) is 2.64. The van der Waals surface area contributed by atoms with Crippen LogP contribution < -0.4 is 0 Å². The number of aldehydes is 1. The van der Waals surface area contributed by atoms with Gasteiger partial charge in [0.1, 0.15) is 17.8 Å². The summed E-state index contributed by atoms with van der Waals surface area (Å²) in [7, 11) is 4.31. The number of methoxy groups -OCH3 is 3. The number of carbonyl (C=O) groups excluding carboxylic acids is 1. The van der Waals surface area contributed by atoms with E-state index in [4.69, 9.17) is 14.2 Å². The molecule has 0 spiro atoms. The molecule has 0 unspecified atom stereocenters. The van der Waals surface area contributed by atoms with Gasteiger partial charge in [0.15, 0.2) is 6.29 Å². The maximum absolute atomic E-state index is 10.8. The smallest absolute Gasteiger partial charge is 0.151 e. The monoisotopic (exact) mass is 220 g/mol. The van der Waals surface area contributed by atoms with Gasteiger partial charge in [0.05, 0.1) is 6.10 Å². The number of carbonyl (C=O) groups is 1. The minimum atomic E-state index is -1.01. The van der Waals surface area contributed by atoms with Crippen molar-refractivity contribution in [3.05, 3.63) is 0 Å². The number of ether oxygens (including phenoxy) is 3. The van der Waals surface area contributed by atoms with Crippen LogP contribution in [0, 0.1) is 0 Å². The molecule has 1 N–H and O–H groups in total. The molecule has 0 aromatic rings. The lowest BCUT2D eigenvalue weighted by Gasteiger charge is -2.39. The Hall–Kier alpha value is -0.490. The molecule has 0 aromatic carbocycles. The molecule has 0 aromatic heterocycles. The zero-order valence-electron chi connectivity index (χ0n) is 9.89. The van der Waals surface area contributed by atoms with Crippen LogP contribution in [0.5, 0.6) is 0 Å². The molecule has 0 saturated heterocycles. The first-order chi connectivity index (χ1) is 6.97. The number of aliphatic hydroxyl groups excluding tert-OH is 1. The molecule has 5 heteroatoms. The Morgan fingerprint density at radius 1 is 1.27 bits per heavy atom. The number of hydrogen-bond acceptors (Lipinski definition) is 5. The van der Waals surface area contributed by atoms with Crippen molar-refractivity contribution in [3.8, 4) is 0 Å². The molecule has 0 bridgehead atoms. The molecular weight excluding hydrogens is 200 g/mol. The van der Waals surface area contributed by atoms with Gasteiger partial charge in [0, 0.05) is 21.3 Å². The van der Waals surface area contributed by atoms with E-state index in [0.717, 1.165) is 0 Å². The maximum atomic E-state index is 10.8. The van der Waals surface area contributed by atoms with Gasteiger partial charge in [-0.1, -0.05) is 0 Å². The van der Waals surface area contributed by atoms with Gasteiger partial charge in [0.2, 0.25) is 0 Å². The third kappa shape index (κ3) is 2.98. The summed E-state index contributed by atoms with van der Waals surface area (Å²) >= 11 is 0. The van der Waals surface area contributed by atoms with Crippen molar-refractivity contribution in [2.75, 3.05) is 21.3 Å². The Balaban J connectivity index is 5.01. The quantitative estimate of drug-likeness (QED) is 0.612. The predicted molar refractivity (Wildman–Crippen MR) is 54.8 cm³/mol. The van der Waals surface area contributed by atoms with Gasteiger partial charge < -0.3 is 24.1 Å². The SMILES string of the molecule is CO[C@H]([C@@H](C)O)[C@](C)(OC)[C@@H](C=O)OC. The fraction of sp³-hybridized carbons (Fsp3) is 0.900. The molecule has 15 heavy (non-hydrogen) atoms. The lowest BCUT2D eigenvalue weighted by atomic mass is 9.89. The van der Waals surface area contributed by atoms with E-state index in [2.05, 4.69) is 0 Å². The standard InChI is InChI=1S/C10H20O5/c1-7(12)9(14-4)10(2,15-5)8(6-11)13-3/h6-9,12H,1-5H3/t7-,8-,9-,10-/m1/s1. The Labute approximate surface area is 90.3 Å². The van der Waals surface area contributed by atoms with E-state index in [1.54, 1.807) is 13.8 Å². The van der Waals surface area contributed by atoms with Crippen LogP contribution in [0.4, 0.5) is 0 Å². The van der Waals surface area contributed by atoms with Crippen molar-refractivity contribution < 1.29 is 24.1 Å². The lowest BCUT2D eigenvalue weighted by Crippen LogP contribution is -2.57. The zero-order chi connectivity index (χ0) is 12.1. The fourth-order valence-corrected chi connectivity index (χ4v) is 1.73. The van der Waals surface area contributed by atoms with E-state index >= 15 is 0 Å². The Bertz CT molecular complexity index is 194. The fourth-order valence-electron chi connectivity index (χ4n) is 1.73. The van der Waals surface area contributed by atoms with E-state index in [-0.39, 0.29) is 0 Å². The van der Waals surface area contributed by atoms with Gasteiger partial charge in [0.25, 0.3) is 0 Å². The van der Waals surface area contributed by atoms with Crippen molar-refractivity contribution in [3.63, 3.8) is 0 Å². The van der Waals surface area contributed by atoms with E-state index in [1.165, 1.54) is 21.3 Å². The van der Waals surface area contributed by atoms with Gasteiger partial charge in [-0.25, -0.2) is 0 Å². The topological polar surface area (TPSA) is 65.0 Å². The Kier molecular flexibility index (Phi) is 5.97. The average Bonchev–Trinajstić information content (AvgIpc) is 2.19. The summed E-state index contributed by atoms with van der Waals surface area (Å²) in [6.07, 6.45) is -1.56. The van der Waals surface area contributed by atoms with Crippen LogP contribution in [-0.2, 0) is 19.0 Å². The van der Waals surface area contributed by atoms with Gasteiger partial charge in [-0.05, 0) is 13.8 Å². The molecule has 90 valence electrons. The highest BCUT2D eigenvalue weighted by molar-refractivity contribution is 5.58. The third-order valence-corrected chi connectivity index (χ3v) is 2.64. The summed E-state index contributed by atoms with van der Waals surface area (Å²) in [4.78, 5) is 10.8. The molecule has 0 amide bonds. The lowest BCUT2D eigenvalue weighted by molar-refractivity contribution is -0.193. The number of aliphatic hydroxyl groups is 1. The van der Waals surface area contributed by atoms with Gasteiger partial charge in [-0.15, -0.1) is 0 Å². The molecule has 0 heterocycles. The van der Waals surface area contributed by atoms with Crippen molar-refractivity contribution in [2.45, 2.75) is 37.8 Å². The molecule has 0 rings (SSSR count). The Morgan fingerprint density at radius 3 is 2.00 bits per heavy atom. The van der Waals surface area contributed by atoms with Crippen LogP contribution in [0.25, 0.3) is 0 Å². The van der Waals surface area contributed by atoms with Crippen molar-refractivity contribution in [2.24, 2.45) is 0 Å². The van der Waals surface area contributed by atoms with E-state index in [9.17, 15) is 9.90 Å². The second kappa shape index (κ2) is 6.17. The maximum Gasteiger partial charge on any atom is 0.151 e. The van der Waals surface area contributed by atoms with Gasteiger partial charge >= 0.3 is 0 Å². The summed E-state index contributed by atoms with van der Waals surface area (Å²) in [5, 5.41) is 9.54. The minimum Gasteiger partial charge on any atom is -0.391 e. The summed E-state index contributed by atoms with van der Waals surface area (Å²) < 4.78 is 15.4. The highest BCUT2D eigenvalue weighted by Gasteiger charge is 2.45. The van der Waals surface area contributed by atoms with E-state index in [0.29, 0.717) is 6.29 Å². The summed E-state index contributed by atoms with van der Waals surface area (Å²) in [5.74, 6) is 0. The van der Waals surface area contributed by atoms with Crippen molar-refractivity contribution >= 4 is 6.29 Å². The zero-order valence-corrected chi connectivity index (χ0v) is 9.89. The largest absolute Gasteiger partial charge is 0.391 e. The van der Waals surface area contributed by atoms with Gasteiger partial charge in [-0.2, -0.15) is 0 Å². The minimum absolute atomic E-state index is 0.637.